The normalized spacial score (nSPS) is 23.0. The first kappa shape index (κ1) is 13.7. The molecule has 2 nitrogen and oxygen atoms in total. The van der Waals surface area contributed by atoms with Gasteiger partial charge in [-0.3, -0.25) is 0 Å². The topological polar surface area (TPSA) is 40.5 Å². The molecule has 1 aromatic rings. The zero-order valence-corrected chi connectivity index (χ0v) is 11.9. The van der Waals surface area contributed by atoms with Gasteiger partial charge in [0.2, 0.25) is 0 Å². The van der Waals surface area contributed by atoms with E-state index in [1.54, 1.807) is 12.1 Å². The Morgan fingerprint density at radius 3 is 2.58 bits per heavy atom. The summed E-state index contributed by atoms with van der Waals surface area (Å²) in [4.78, 5) is 0. The van der Waals surface area contributed by atoms with Gasteiger partial charge in [-0.05, 0) is 51.2 Å². The van der Waals surface area contributed by atoms with E-state index in [2.05, 4.69) is 19.6 Å². The molecular weight excluding hydrogens is 236 g/mol. The number of hydrogen-bond acceptors (Lipinski definition) is 2. The smallest absolute Gasteiger partial charge is 0.125 e. The highest BCUT2D eigenvalue weighted by Crippen LogP contribution is 2.46. The first-order valence-electron chi connectivity index (χ1n) is 6.76. The number of allylic oxidation sites excluding steroid dienone is 3. The van der Waals surface area contributed by atoms with E-state index in [4.69, 9.17) is 0 Å². The van der Waals surface area contributed by atoms with Gasteiger partial charge in [0, 0.05) is 11.5 Å². The van der Waals surface area contributed by atoms with Crippen molar-refractivity contribution in [2.75, 3.05) is 0 Å². The first-order chi connectivity index (χ1) is 8.91. The Labute approximate surface area is 115 Å². The van der Waals surface area contributed by atoms with Crippen molar-refractivity contribution >= 4 is 0 Å². The van der Waals surface area contributed by atoms with Crippen LogP contribution in [0.2, 0.25) is 0 Å². The summed E-state index contributed by atoms with van der Waals surface area (Å²) in [6.07, 6.45) is 4.24. The molecule has 0 unspecified atom stereocenters. The molecule has 2 N–H and O–H groups in total. The minimum Gasteiger partial charge on any atom is -0.508 e. The maximum atomic E-state index is 10.3. The molecule has 0 bridgehead atoms. The van der Waals surface area contributed by atoms with Crippen molar-refractivity contribution in [3.05, 3.63) is 47.1 Å². The van der Waals surface area contributed by atoms with Crippen LogP contribution in [0.15, 0.2) is 35.9 Å². The zero-order chi connectivity index (χ0) is 14.2. The first-order valence-corrected chi connectivity index (χ1v) is 6.76. The molecule has 0 saturated carbocycles. The largest absolute Gasteiger partial charge is 0.508 e. The lowest BCUT2D eigenvalue weighted by atomic mass is 9.73. The average Bonchev–Trinajstić information content (AvgIpc) is 2.34. The summed E-state index contributed by atoms with van der Waals surface area (Å²) < 4.78 is 0. The van der Waals surface area contributed by atoms with Crippen LogP contribution in [0.4, 0.5) is 0 Å². The summed E-state index contributed by atoms with van der Waals surface area (Å²) >= 11 is 0. The lowest BCUT2D eigenvalue weighted by Crippen LogP contribution is -2.17. The lowest BCUT2D eigenvalue weighted by molar-refractivity contribution is 0.405. The van der Waals surface area contributed by atoms with Gasteiger partial charge in [-0.2, -0.15) is 0 Å². The van der Waals surface area contributed by atoms with Crippen LogP contribution in [0.5, 0.6) is 11.5 Å². The molecule has 2 heteroatoms. The van der Waals surface area contributed by atoms with Crippen LogP contribution in [-0.2, 0) is 0 Å². The monoisotopic (exact) mass is 258 g/mol. The van der Waals surface area contributed by atoms with Crippen LogP contribution in [0, 0.1) is 12.8 Å². The number of aryl methyl sites for hydroxylation is 1. The van der Waals surface area contributed by atoms with E-state index < -0.39 is 0 Å². The lowest BCUT2D eigenvalue weighted by Gasteiger charge is -2.31. The Bertz CT molecular complexity index is 540. The molecule has 0 heterocycles. The van der Waals surface area contributed by atoms with Crippen LogP contribution in [0.25, 0.3) is 0 Å². The van der Waals surface area contributed by atoms with Crippen LogP contribution in [0.3, 0.4) is 0 Å². The van der Waals surface area contributed by atoms with Gasteiger partial charge in [0.05, 0.1) is 0 Å². The van der Waals surface area contributed by atoms with E-state index in [1.807, 2.05) is 13.8 Å². The van der Waals surface area contributed by atoms with Crippen molar-refractivity contribution in [2.45, 2.75) is 39.5 Å². The third-order valence-electron chi connectivity index (χ3n) is 4.11. The van der Waals surface area contributed by atoms with Gasteiger partial charge in [-0.1, -0.05) is 29.9 Å². The maximum Gasteiger partial charge on any atom is 0.125 e. The molecule has 0 aromatic heterocycles. The molecular formula is C17H22O2. The summed E-state index contributed by atoms with van der Waals surface area (Å²) in [5.74, 6) is 0.681. The van der Waals surface area contributed by atoms with E-state index in [9.17, 15) is 10.2 Å². The molecule has 1 aliphatic rings. The van der Waals surface area contributed by atoms with Gasteiger partial charge in [0.25, 0.3) is 0 Å². The number of rotatable bonds is 2. The van der Waals surface area contributed by atoms with Crippen molar-refractivity contribution in [1.29, 1.82) is 0 Å². The van der Waals surface area contributed by atoms with E-state index in [1.165, 1.54) is 5.57 Å². The van der Waals surface area contributed by atoms with Crippen LogP contribution in [-0.4, -0.2) is 10.2 Å². The van der Waals surface area contributed by atoms with Crippen molar-refractivity contribution < 1.29 is 10.2 Å². The Balaban J connectivity index is 2.57. The predicted octanol–water partition coefficient (Wildman–Crippen LogP) is 4.42. The number of phenols is 2. The molecule has 102 valence electrons. The van der Waals surface area contributed by atoms with E-state index in [0.717, 1.165) is 24.0 Å². The van der Waals surface area contributed by atoms with Gasteiger partial charge in [0.1, 0.15) is 11.5 Å². The number of hydrogen-bond donors (Lipinski definition) is 2. The number of aromatic hydroxyl groups is 2. The molecule has 0 saturated heterocycles. The van der Waals surface area contributed by atoms with E-state index in [0.29, 0.717) is 5.56 Å². The Kier molecular flexibility index (Phi) is 3.70. The van der Waals surface area contributed by atoms with Gasteiger partial charge >= 0.3 is 0 Å². The van der Waals surface area contributed by atoms with Crippen molar-refractivity contribution in [3.8, 4) is 11.5 Å². The van der Waals surface area contributed by atoms with Gasteiger partial charge in [-0.15, -0.1) is 0 Å². The molecule has 1 aromatic carbocycles. The Morgan fingerprint density at radius 1 is 1.26 bits per heavy atom. The third-order valence-corrected chi connectivity index (χ3v) is 4.11. The van der Waals surface area contributed by atoms with E-state index >= 15 is 0 Å². The summed E-state index contributed by atoms with van der Waals surface area (Å²) in [6.45, 7) is 10.1. The fourth-order valence-corrected chi connectivity index (χ4v) is 2.94. The highest BCUT2D eigenvalue weighted by Gasteiger charge is 2.30. The standard InChI is InChI=1S/C17H22O2/c1-10(2)13-7-5-11(3)9-14(13)16-15(18)8-6-12(4)17(16)19/h6,8-9,13-14,18-19H,1,5,7H2,2-4H3/t13-,14+/m0/s1. The summed E-state index contributed by atoms with van der Waals surface area (Å²) in [5, 5.41) is 20.4. The maximum absolute atomic E-state index is 10.3. The number of benzene rings is 1. The van der Waals surface area contributed by atoms with E-state index in [-0.39, 0.29) is 23.3 Å². The second-order valence-corrected chi connectivity index (χ2v) is 5.69. The van der Waals surface area contributed by atoms with Crippen molar-refractivity contribution in [3.63, 3.8) is 0 Å². The highest BCUT2D eigenvalue weighted by atomic mass is 16.3. The van der Waals surface area contributed by atoms with Crippen LogP contribution >= 0.6 is 0 Å². The number of phenolic OH excluding ortho intramolecular Hbond substituents is 2. The van der Waals surface area contributed by atoms with Crippen molar-refractivity contribution in [2.24, 2.45) is 5.92 Å². The second kappa shape index (κ2) is 5.12. The van der Waals surface area contributed by atoms with Gasteiger partial charge in [-0.25, -0.2) is 0 Å². The molecule has 0 spiro atoms. The predicted molar refractivity (Wildman–Crippen MR) is 78.5 cm³/mol. The minimum absolute atomic E-state index is 0.0196. The molecule has 19 heavy (non-hydrogen) atoms. The second-order valence-electron chi connectivity index (χ2n) is 5.69. The van der Waals surface area contributed by atoms with Crippen LogP contribution < -0.4 is 0 Å². The molecule has 0 amide bonds. The van der Waals surface area contributed by atoms with Crippen LogP contribution in [0.1, 0.15) is 43.7 Å². The molecule has 0 fully saturated rings. The third kappa shape index (κ3) is 2.53. The highest BCUT2D eigenvalue weighted by molar-refractivity contribution is 5.52. The molecule has 0 radical (unpaired) electrons. The fraction of sp³-hybridized carbons (Fsp3) is 0.412. The molecule has 2 atom stereocenters. The quantitative estimate of drug-likeness (QED) is 0.771. The zero-order valence-electron chi connectivity index (χ0n) is 11.9. The molecule has 2 rings (SSSR count). The van der Waals surface area contributed by atoms with Gasteiger partial charge in [0.15, 0.2) is 0 Å². The fourth-order valence-electron chi connectivity index (χ4n) is 2.94. The SMILES string of the molecule is C=C(C)[C@@H]1CCC(C)=C[C@H]1c1c(O)ccc(C)c1O. The summed E-state index contributed by atoms with van der Waals surface area (Å²) in [6, 6.07) is 3.40. The molecule has 1 aliphatic carbocycles. The van der Waals surface area contributed by atoms with Gasteiger partial charge < -0.3 is 10.2 Å². The Morgan fingerprint density at radius 2 is 1.95 bits per heavy atom. The summed E-state index contributed by atoms with van der Waals surface area (Å²) in [5.41, 5.74) is 3.86. The molecule has 0 aliphatic heterocycles. The summed E-state index contributed by atoms with van der Waals surface area (Å²) in [7, 11) is 0. The Hall–Kier alpha value is -1.70. The van der Waals surface area contributed by atoms with Crippen molar-refractivity contribution in [1.82, 2.24) is 0 Å². The minimum atomic E-state index is 0.0196. The average molecular weight is 258 g/mol.